The first-order valence-electron chi connectivity index (χ1n) is 13.8. The van der Waals surface area contributed by atoms with E-state index in [0.29, 0.717) is 29.9 Å². The van der Waals surface area contributed by atoms with E-state index in [2.05, 4.69) is 19.9 Å². The van der Waals surface area contributed by atoms with Crippen LogP contribution in [0.25, 0.3) is 16.9 Å². The number of aliphatic hydroxyl groups is 1. The molecule has 3 aromatic rings. The number of benzene rings is 2. The summed E-state index contributed by atoms with van der Waals surface area (Å²) in [5, 5.41) is 17.9. The van der Waals surface area contributed by atoms with Gasteiger partial charge in [-0.1, -0.05) is 17.3 Å². The molecule has 3 heterocycles. The summed E-state index contributed by atoms with van der Waals surface area (Å²) in [6.45, 7) is 1.90. The molecule has 0 radical (unpaired) electrons. The van der Waals surface area contributed by atoms with E-state index in [9.17, 15) is 17.2 Å². The van der Waals surface area contributed by atoms with E-state index in [0.717, 1.165) is 48.6 Å². The molecule has 6 rings (SSSR count). The molecule has 1 aromatic heterocycles. The summed E-state index contributed by atoms with van der Waals surface area (Å²) in [7, 11) is -3.67. The number of hydrogen-bond acceptors (Lipinski definition) is 7. The predicted molar refractivity (Wildman–Crippen MR) is 151 cm³/mol. The van der Waals surface area contributed by atoms with Gasteiger partial charge in [0.05, 0.1) is 35.6 Å². The van der Waals surface area contributed by atoms with Gasteiger partial charge in [-0.05, 0) is 61.4 Å². The van der Waals surface area contributed by atoms with Crippen molar-refractivity contribution < 1.29 is 22.3 Å². The first-order valence-corrected chi connectivity index (χ1v) is 15.5. The molecular weight excluding hydrogens is 538 g/mol. The molecule has 3 aliphatic rings. The van der Waals surface area contributed by atoms with Gasteiger partial charge in [-0.25, -0.2) is 21.9 Å². The summed E-state index contributed by atoms with van der Waals surface area (Å²) in [6.07, 6.45) is 6.29. The Kier molecular flexibility index (Phi) is 6.94. The van der Waals surface area contributed by atoms with E-state index >= 15 is 0 Å². The van der Waals surface area contributed by atoms with Crippen LogP contribution < -0.4 is 14.5 Å². The summed E-state index contributed by atoms with van der Waals surface area (Å²) in [6, 6.07) is 13.0. The van der Waals surface area contributed by atoms with E-state index in [1.54, 1.807) is 10.7 Å². The molecule has 40 heavy (non-hydrogen) atoms. The van der Waals surface area contributed by atoms with Crippen LogP contribution in [0.4, 0.5) is 25.8 Å². The van der Waals surface area contributed by atoms with Crippen LogP contribution in [0.1, 0.15) is 38.5 Å². The maximum atomic E-state index is 13.7. The lowest BCUT2D eigenvalue weighted by molar-refractivity contribution is -0.0220. The van der Waals surface area contributed by atoms with Gasteiger partial charge in [-0.3, -0.25) is 4.72 Å². The number of aliphatic hydroxyl groups excluding tert-OH is 1. The van der Waals surface area contributed by atoms with Crippen molar-refractivity contribution in [2.45, 2.75) is 44.4 Å². The van der Waals surface area contributed by atoms with Gasteiger partial charge in [0.15, 0.2) is 0 Å². The smallest absolute Gasteiger partial charge is 0.251 e. The van der Waals surface area contributed by atoms with Crippen LogP contribution in [-0.2, 0) is 10.0 Å². The third-order valence-corrected chi connectivity index (χ3v) is 9.74. The van der Waals surface area contributed by atoms with Crippen LogP contribution in [0, 0.1) is 5.41 Å². The van der Waals surface area contributed by atoms with Gasteiger partial charge >= 0.3 is 0 Å². The number of sulfonamides is 1. The van der Waals surface area contributed by atoms with Crippen molar-refractivity contribution in [1.82, 2.24) is 15.0 Å². The second-order valence-corrected chi connectivity index (χ2v) is 13.1. The molecule has 2 aromatic carbocycles. The Balaban J connectivity index is 1.28. The van der Waals surface area contributed by atoms with E-state index in [4.69, 9.17) is 5.11 Å². The maximum absolute atomic E-state index is 13.7. The minimum atomic E-state index is -3.67. The lowest BCUT2D eigenvalue weighted by Crippen LogP contribution is -2.39. The number of halogens is 2. The van der Waals surface area contributed by atoms with Gasteiger partial charge in [-0.2, -0.15) is 0 Å². The normalized spacial score (nSPS) is 20.1. The molecule has 0 bridgehead atoms. The molecule has 1 spiro atoms. The Bertz CT molecular complexity index is 1470. The van der Waals surface area contributed by atoms with Crippen molar-refractivity contribution in [3.8, 4) is 16.9 Å². The second kappa shape index (κ2) is 10.3. The van der Waals surface area contributed by atoms with E-state index in [1.165, 1.54) is 12.8 Å². The Hall–Kier alpha value is -3.25. The fourth-order valence-corrected chi connectivity index (χ4v) is 6.58. The zero-order valence-electron chi connectivity index (χ0n) is 22.3. The van der Waals surface area contributed by atoms with Crippen LogP contribution in [0.3, 0.4) is 0 Å². The van der Waals surface area contributed by atoms with Crippen molar-refractivity contribution in [2.75, 3.05) is 53.1 Å². The van der Waals surface area contributed by atoms with Crippen molar-refractivity contribution in [1.29, 1.82) is 0 Å². The number of alkyl halides is 2. The molecule has 0 unspecified atom stereocenters. The van der Waals surface area contributed by atoms with Crippen LogP contribution in [0.2, 0.25) is 0 Å². The highest BCUT2D eigenvalue weighted by molar-refractivity contribution is 7.92. The molecule has 0 atom stereocenters. The third-order valence-electron chi connectivity index (χ3n) is 8.47. The van der Waals surface area contributed by atoms with Crippen molar-refractivity contribution in [3.63, 3.8) is 0 Å². The second-order valence-electron chi connectivity index (χ2n) is 11.3. The standard InChI is InChI=1S/C28H34F2N6O3S/c29-28(30)10-14-34(15-11-28)23-3-1-2-21(18-23)24-20-36(33-31-24)25-5-4-22(32-40(38,39)17-16-37)19-26(25)35-12-8-27(6-7-27)9-13-35/h1-5,18-20,32,37H,6-17H2. The fourth-order valence-electron chi connectivity index (χ4n) is 5.75. The lowest BCUT2D eigenvalue weighted by atomic mass is 9.93. The minimum Gasteiger partial charge on any atom is -0.395 e. The minimum absolute atomic E-state index is 0.153. The Morgan fingerprint density at radius 2 is 1.62 bits per heavy atom. The summed E-state index contributed by atoms with van der Waals surface area (Å²) in [4.78, 5) is 4.25. The molecule has 3 fully saturated rings. The van der Waals surface area contributed by atoms with Crippen LogP contribution in [-0.4, -0.2) is 73.0 Å². The zero-order chi connectivity index (χ0) is 28.0. The van der Waals surface area contributed by atoms with Gasteiger partial charge in [0.2, 0.25) is 10.0 Å². The number of rotatable bonds is 8. The summed E-state index contributed by atoms with van der Waals surface area (Å²) in [5.41, 5.74) is 4.92. The SMILES string of the molecule is O=S(=O)(CCO)Nc1ccc(-n2cc(-c3cccc(N4CCC(F)(F)CC4)c3)nn2)c(N2CCC3(CC2)CC3)c1. The number of hydrogen-bond donors (Lipinski definition) is 2. The largest absolute Gasteiger partial charge is 0.395 e. The average molecular weight is 573 g/mol. The highest BCUT2D eigenvalue weighted by atomic mass is 32.2. The Morgan fingerprint density at radius 1 is 0.900 bits per heavy atom. The van der Waals surface area contributed by atoms with E-state index in [1.807, 2.05) is 47.5 Å². The van der Waals surface area contributed by atoms with Crippen molar-refractivity contribution in [3.05, 3.63) is 48.7 Å². The summed E-state index contributed by atoms with van der Waals surface area (Å²) >= 11 is 0. The molecule has 2 aliphatic heterocycles. The molecule has 12 heteroatoms. The molecule has 9 nitrogen and oxygen atoms in total. The number of nitrogens with zero attached hydrogens (tertiary/aromatic N) is 5. The summed E-state index contributed by atoms with van der Waals surface area (Å²) < 4.78 is 56.2. The molecule has 1 saturated carbocycles. The van der Waals surface area contributed by atoms with Crippen LogP contribution in [0.15, 0.2) is 48.7 Å². The van der Waals surface area contributed by atoms with Gasteiger partial charge in [0, 0.05) is 50.3 Å². The number of nitrogens with one attached hydrogen (secondary N) is 1. The highest BCUT2D eigenvalue weighted by Crippen LogP contribution is 2.54. The van der Waals surface area contributed by atoms with Crippen molar-refractivity contribution in [2.24, 2.45) is 5.41 Å². The zero-order valence-corrected chi connectivity index (χ0v) is 23.1. The van der Waals surface area contributed by atoms with E-state index < -0.39 is 22.6 Å². The number of piperidine rings is 2. The quantitative estimate of drug-likeness (QED) is 0.415. The first kappa shape index (κ1) is 26.9. The number of aromatic nitrogens is 3. The summed E-state index contributed by atoms with van der Waals surface area (Å²) in [5.74, 6) is -2.97. The highest BCUT2D eigenvalue weighted by Gasteiger charge is 2.44. The first-order chi connectivity index (χ1) is 19.1. The van der Waals surface area contributed by atoms with Crippen LogP contribution >= 0.6 is 0 Å². The van der Waals surface area contributed by atoms with Gasteiger partial charge in [-0.15, -0.1) is 5.10 Å². The topological polar surface area (TPSA) is 104 Å². The molecule has 214 valence electrons. The van der Waals surface area contributed by atoms with Gasteiger partial charge < -0.3 is 14.9 Å². The average Bonchev–Trinajstić information content (AvgIpc) is 3.49. The van der Waals surface area contributed by atoms with Crippen LogP contribution in [0.5, 0.6) is 0 Å². The molecule has 0 amide bonds. The maximum Gasteiger partial charge on any atom is 0.251 e. The predicted octanol–water partition coefficient (Wildman–Crippen LogP) is 4.28. The molecule has 1 aliphatic carbocycles. The van der Waals surface area contributed by atoms with Crippen molar-refractivity contribution >= 4 is 27.1 Å². The molecule has 2 saturated heterocycles. The Labute approximate surface area is 232 Å². The van der Waals surface area contributed by atoms with Gasteiger partial charge in [0.25, 0.3) is 5.92 Å². The third kappa shape index (κ3) is 5.78. The monoisotopic (exact) mass is 572 g/mol. The fraction of sp³-hybridized carbons (Fsp3) is 0.500. The molecule has 2 N–H and O–H groups in total. The molecular formula is C28H34F2N6O3S. The van der Waals surface area contributed by atoms with Gasteiger partial charge in [0.1, 0.15) is 5.69 Å². The lowest BCUT2D eigenvalue weighted by Gasteiger charge is -2.35. The van der Waals surface area contributed by atoms with E-state index in [-0.39, 0.29) is 18.6 Å². The Morgan fingerprint density at radius 3 is 2.33 bits per heavy atom. The number of anilines is 3.